The van der Waals surface area contributed by atoms with Crippen LogP contribution in [0.1, 0.15) is 51.8 Å². The molecule has 190 valence electrons. The van der Waals surface area contributed by atoms with Crippen molar-refractivity contribution in [3.63, 3.8) is 0 Å². The third-order valence-corrected chi connectivity index (χ3v) is 6.04. The number of esters is 1. The SMILES string of the molecule is CNC(=O)c1ccc(-c2cnn3ccc(C(=O)N(C)c4ccc(Cl)c(C(=O)OC(C)(C)C)c4)cc23)cc1. The Balaban J connectivity index is 1.64. The molecule has 0 spiro atoms. The van der Waals surface area contributed by atoms with Gasteiger partial charge in [-0.2, -0.15) is 5.10 Å². The van der Waals surface area contributed by atoms with Gasteiger partial charge in [0.15, 0.2) is 0 Å². The number of fused-ring (bicyclic) bond motifs is 1. The Kier molecular flexibility index (Phi) is 7.05. The molecule has 0 radical (unpaired) electrons. The van der Waals surface area contributed by atoms with Crippen LogP contribution >= 0.6 is 11.6 Å². The molecule has 8 nitrogen and oxygen atoms in total. The monoisotopic (exact) mass is 518 g/mol. The minimum atomic E-state index is -0.681. The number of benzene rings is 2. The second kappa shape index (κ2) is 10.1. The van der Waals surface area contributed by atoms with Crippen LogP contribution in [0.25, 0.3) is 16.6 Å². The lowest BCUT2D eigenvalue weighted by atomic mass is 10.0. The quantitative estimate of drug-likeness (QED) is 0.364. The van der Waals surface area contributed by atoms with Gasteiger partial charge in [-0.25, -0.2) is 9.31 Å². The van der Waals surface area contributed by atoms with Crippen LogP contribution in [-0.4, -0.2) is 47.1 Å². The summed E-state index contributed by atoms with van der Waals surface area (Å²) in [6.07, 6.45) is 3.43. The summed E-state index contributed by atoms with van der Waals surface area (Å²) in [6.45, 7) is 5.32. The number of hydrogen-bond donors (Lipinski definition) is 1. The Morgan fingerprint density at radius 1 is 1.00 bits per heavy atom. The highest BCUT2D eigenvalue weighted by Gasteiger charge is 2.22. The number of nitrogens with zero attached hydrogens (tertiary/aromatic N) is 3. The summed E-state index contributed by atoms with van der Waals surface area (Å²) in [6, 6.07) is 15.4. The first-order chi connectivity index (χ1) is 17.5. The first kappa shape index (κ1) is 25.9. The smallest absolute Gasteiger partial charge is 0.340 e. The fraction of sp³-hybridized carbons (Fsp3) is 0.214. The fourth-order valence-corrected chi connectivity index (χ4v) is 4.00. The van der Waals surface area contributed by atoms with Crippen LogP contribution in [0.15, 0.2) is 67.0 Å². The maximum absolute atomic E-state index is 13.4. The average Bonchev–Trinajstić information content (AvgIpc) is 3.30. The Morgan fingerprint density at radius 3 is 2.35 bits per heavy atom. The number of rotatable bonds is 5. The van der Waals surface area contributed by atoms with E-state index in [-0.39, 0.29) is 22.4 Å². The summed E-state index contributed by atoms with van der Waals surface area (Å²) in [5.41, 5.74) is 3.40. The lowest BCUT2D eigenvalue weighted by Crippen LogP contribution is -2.27. The normalized spacial score (nSPS) is 11.3. The van der Waals surface area contributed by atoms with Gasteiger partial charge in [0.25, 0.3) is 11.8 Å². The third kappa shape index (κ3) is 5.49. The molecule has 0 saturated carbocycles. The van der Waals surface area contributed by atoms with Gasteiger partial charge in [0.1, 0.15) is 5.60 Å². The van der Waals surface area contributed by atoms with E-state index in [9.17, 15) is 14.4 Å². The van der Waals surface area contributed by atoms with Crippen molar-refractivity contribution in [1.82, 2.24) is 14.9 Å². The lowest BCUT2D eigenvalue weighted by molar-refractivity contribution is 0.00695. The molecule has 4 rings (SSSR count). The molecule has 37 heavy (non-hydrogen) atoms. The number of carbonyl (C=O) groups excluding carboxylic acids is 3. The molecule has 2 amide bonds. The molecular formula is C28H27ClN4O4. The van der Waals surface area contributed by atoms with E-state index < -0.39 is 11.6 Å². The molecule has 0 saturated heterocycles. The lowest BCUT2D eigenvalue weighted by Gasteiger charge is -2.22. The van der Waals surface area contributed by atoms with Crippen LogP contribution < -0.4 is 10.2 Å². The highest BCUT2D eigenvalue weighted by Crippen LogP contribution is 2.28. The van der Waals surface area contributed by atoms with Gasteiger partial charge in [-0.3, -0.25) is 9.59 Å². The number of halogens is 1. The minimum absolute atomic E-state index is 0.167. The van der Waals surface area contributed by atoms with Gasteiger partial charge in [-0.1, -0.05) is 23.7 Å². The maximum atomic E-state index is 13.4. The highest BCUT2D eigenvalue weighted by atomic mass is 35.5. The number of nitrogens with one attached hydrogen (secondary N) is 1. The predicted molar refractivity (Wildman–Crippen MR) is 143 cm³/mol. The van der Waals surface area contributed by atoms with E-state index in [0.717, 1.165) is 16.6 Å². The largest absolute Gasteiger partial charge is 0.456 e. The Bertz CT molecular complexity index is 1500. The highest BCUT2D eigenvalue weighted by molar-refractivity contribution is 6.33. The molecule has 2 aromatic heterocycles. The number of ether oxygens (including phenoxy) is 1. The molecule has 2 aromatic carbocycles. The molecule has 4 aromatic rings. The van der Waals surface area contributed by atoms with Crippen LogP contribution in [0.2, 0.25) is 5.02 Å². The standard InChI is InChI=1S/C28H27ClN4O4/c1-28(2,3)37-27(36)21-15-20(10-11-23(21)29)32(5)26(35)19-12-13-33-24(14-19)22(16-31-33)17-6-8-18(9-7-17)25(34)30-4/h6-16H,1-5H3,(H,30,34). The van der Waals surface area contributed by atoms with Crippen molar-refractivity contribution in [2.45, 2.75) is 26.4 Å². The molecule has 2 heterocycles. The summed E-state index contributed by atoms with van der Waals surface area (Å²) in [4.78, 5) is 39.3. The van der Waals surface area contributed by atoms with Crippen molar-refractivity contribution in [1.29, 1.82) is 0 Å². The Morgan fingerprint density at radius 2 is 1.70 bits per heavy atom. The molecule has 1 N–H and O–H groups in total. The third-order valence-electron chi connectivity index (χ3n) is 5.71. The van der Waals surface area contributed by atoms with Crippen LogP contribution in [0.3, 0.4) is 0 Å². The number of hydrogen-bond acceptors (Lipinski definition) is 5. The number of pyridine rings is 1. The summed E-state index contributed by atoms with van der Waals surface area (Å²) in [5, 5.41) is 7.23. The molecule has 0 aliphatic heterocycles. The van der Waals surface area contributed by atoms with Crippen LogP contribution in [0, 0.1) is 0 Å². The van der Waals surface area contributed by atoms with Gasteiger partial charge < -0.3 is 15.0 Å². The first-order valence-corrected chi connectivity index (χ1v) is 12.0. The van der Waals surface area contributed by atoms with Gasteiger partial charge in [0.2, 0.25) is 0 Å². The average molecular weight is 519 g/mol. The van der Waals surface area contributed by atoms with Crippen LogP contribution in [-0.2, 0) is 4.74 Å². The van der Waals surface area contributed by atoms with Gasteiger partial charge in [-0.15, -0.1) is 0 Å². The van der Waals surface area contributed by atoms with E-state index in [4.69, 9.17) is 16.3 Å². The first-order valence-electron chi connectivity index (χ1n) is 11.6. The van der Waals surface area contributed by atoms with Crippen LogP contribution in [0.5, 0.6) is 0 Å². The minimum Gasteiger partial charge on any atom is -0.456 e. The van der Waals surface area contributed by atoms with E-state index in [1.807, 2.05) is 12.1 Å². The van der Waals surface area contributed by atoms with Crippen molar-refractivity contribution >= 4 is 40.6 Å². The van der Waals surface area contributed by atoms with Gasteiger partial charge in [-0.05, 0) is 68.8 Å². The molecule has 0 fully saturated rings. The van der Waals surface area contributed by atoms with Crippen molar-refractivity contribution in [3.8, 4) is 11.1 Å². The zero-order valence-electron chi connectivity index (χ0n) is 21.2. The topological polar surface area (TPSA) is 93.0 Å². The van der Waals surface area contributed by atoms with Crippen molar-refractivity contribution in [2.75, 3.05) is 19.0 Å². The van der Waals surface area contributed by atoms with E-state index in [1.54, 1.807) is 94.2 Å². The summed E-state index contributed by atoms with van der Waals surface area (Å²) >= 11 is 6.25. The second-order valence-electron chi connectivity index (χ2n) is 9.49. The van der Waals surface area contributed by atoms with E-state index in [0.29, 0.717) is 16.8 Å². The molecule has 0 aliphatic rings. The Labute approximate surface area is 219 Å². The molecule has 0 bridgehead atoms. The van der Waals surface area contributed by atoms with Crippen molar-refractivity contribution in [3.05, 3.63) is 88.7 Å². The van der Waals surface area contributed by atoms with Crippen molar-refractivity contribution < 1.29 is 19.1 Å². The summed E-state index contributed by atoms with van der Waals surface area (Å²) in [5.74, 6) is -1.01. The number of anilines is 1. The molecule has 0 atom stereocenters. The second-order valence-corrected chi connectivity index (χ2v) is 9.90. The van der Waals surface area contributed by atoms with E-state index in [2.05, 4.69) is 10.4 Å². The van der Waals surface area contributed by atoms with Gasteiger partial charge >= 0.3 is 5.97 Å². The molecule has 0 unspecified atom stereocenters. The van der Waals surface area contributed by atoms with Crippen molar-refractivity contribution in [2.24, 2.45) is 0 Å². The fourth-order valence-electron chi connectivity index (χ4n) is 3.80. The summed E-state index contributed by atoms with van der Waals surface area (Å²) in [7, 11) is 3.21. The van der Waals surface area contributed by atoms with E-state index in [1.165, 1.54) is 4.90 Å². The number of amides is 2. The zero-order valence-corrected chi connectivity index (χ0v) is 22.0. The molecule has 9 heteroatoms. The predicted octanol–water partition coefficient (Wildman–Crippen LogP) is 5.25. The maximum Gasteiger partial charge on any atom is 0.340 e. The Hall–Kier alpha value is -4.17. The van der Waals surface area contributed by atoms with E-state index >= 15 is 0 Å². The van der Waals surface area contributed by atoms with Gasteiger partial charge in [0.05, 0.1) is 22.3 Å². The van der Waals surface area contributed by atoms with Crippen LogP contribution in [0.4, 0.5) is 5.69 Å². The van der Waals surface area contributed by atoms with Gasteiger partial charge in [0, 0.05) is 42.7 Å². The number of carbonyl (C=O) groups is 3. The molecule has 0 aliphatic carbocycles. The zero-order chi connectivity index (χ0) is 26.9. The summed E-state index contributed by atoms with van der Waals surface area (Å²) < 4.78 is 7.13. The molecular weight excluding hydrogens is 492 g/mol. The number of aromatic nitrogens is 2.